The molecule has 6 fully saturated rings. The Balaban J connectivity index is 1.08. The number of allylic oxidation sites excluding steroid dienone is 1. The van der Waals surface area contributed by atoms with Crippen LogP contribution in [0.5, 0.6) is 0 Å². The largest absolute Gasteiger partial charge is 0.481 e. The van der Waals surface area contributed by atoms with Gasteiger partial charge in [-0.1, -0.05) is 60.1 Å². The van der Waals surface area contributed by atoms with Crippen LogP contribution in [0.3, 0.4) is 0 Å². The number of carboxylic acids is 1. The lowest BCUT2D eigenvalue weighted by atomic mass is 9.33. The van der Waals surface area contributed by atoms with E-state index in [0.29, 0.717) is 35.6 Å². The molecule has 0 radical (unpaired) electrons. The lowest BCUT2D eigenvalue weighted by Crippen LogP contribution is -2.66. The van der Waals surface area contributed by atoms with Gasteiger partial charge in [-0.2, -0.15) is 0 Å². The number of halogens is 1. The summed E-state index contributed by atoms with van der Waals surface area (Å²) in [6, 6.07) is 0. The molecule has 306 valence electrons. The number of hydrogen-bond donors (Lipinski definition) is 1. The summed E-state index contributed by atoms with van der Waals surface area (Å²) in [4.78, 5) is 64.1. The van der Waals surface area contributed by atoms with Gasteiger partial charge in [-0.3, -0.25) is 19.3 Å². The highest BCUT2D eigenvalue weighted by atomic mass is 35.5. The average molecular weight is 792 g/mol. The number of rotatable bonds is 8. The number of aromatic nitrogens is 2. The van der Waals surface area contributed by atoms with Crippen molar-refractivity contribution in [2.24, 2.45) is 56.2 Å². The highest BCUT2D eigenvalue weighted by Crippen LogP contribution is 2.77. The first-order chi connectivity index (χ1) is 26.1. The van der Waals surface area contributed by atoms with Crippen molar-refractivity contribution in [3.8, 4) is 0 Å². The molecular formula is C45H62ClN3O7. The van der Waals surface area contributed by atoms with E-state index in [1.807, 2.05) is 4.90 Å². The van der Waals surface area contributed by atoms with Crippen molar-refractivity contribution >= 4 is 35.4 Å². The SMILES string of the molecule is CC(C)C1=C2[C@H]3CC[C@@H]4[C@@]5(C)CC[C@H](OC(=O)CC(C)(C)C(=O)O)C(C)(C)[C@@H]5CC[C@@]4(C)[C@]3(C)CCC2([C@@H]2CN(C3(c4ncc(Cl)cn4)CC3)C(=O)O2)CC1=O. The van der Waals surface area contributed by atoms with E-state index in [1.165, 1.54) is 5.57 Å². The van der Waals surface area contributed by atoms with Crippen molar-refractivity contribution in [1.29, 1.82) is 0 Å². The van der Waals surface area contributed by atoms with Gasteiger partial charge in [0.25, 0.3) is 0 Å². The lowest BCUT2D eigenvalue weighted by molar-refractivity contribution is -0.234. The summed E-state index contributed by atoms with van der Waals surface area (Å²) in [7, 11) is 0. The van der Waals surface area contributed by atoms with Crippen molar-refractivity contribution in [3.05, 3.63) is 34.4 Å². The Labute approximate surface area is 337 Å². The Morgan fingerprint density at radius 2 is 1.62 bits per heavy atom. The summed E-state index contributed by atoms with van der Waals surface area (Å²) in [6.45, 7) is 20.0. The fourth-order valence-corrected chi connectivity index (χ4v) is 14.4. The second-order valence-corrected chi connectivity index (χ2v) is 21.7. The molecule has 1 N–H and O–H groups in total. The second-order valence-electron chi connectivity index (χ2n) is 21.3. The molecule has 1 unspecified atom stereocenters. The Bertz CT molecular complexity index is 1890. The van der Waals surface area contributed by atoms with E-state index in [-0.39, 0.29) is 57.9 Å². The summed E-state index contributed by atoms with van der Waals surface area (Å²) in [5, 5.41) is 10.1. The zero-order valence-corrected chi connectivity index (χ0v) is 35.7. The zero-order valence-electron chi connectivity index (χ0n) is 34.9. The molecule has 0 bridgehead atoms. The van der Waals surface area contributed by atoms with Crippen molar-refractivity contribution < 1.29 is 33.8 Å². The van der Waals surface area contributed by atoms with Crippen LogP contribution in [0.2, 0.25) is 5.02 Å². The molecule has 10 nitrogen and oxygen atoms in total. The number of nitrogens with zero attached hydrogens (tertiary/aromatic N) is 3. The van der Waals surface area contributed by atoms with Crippen LogP contribution in [0.15, 0.2) is 23.5 Å². The van der Waals surface area contributed by atoms with E-state index in [0.717, 1.165) is 69.8 Å². The summed E-state index contributed by atoms with van der Waals surface area (Å²) < 4.78 is 12.6. The van der Waals surface area contributed by atoms with Gasteiger partial charge in [0.05, 0.1) is 23.4 Å². The highest BCUT2D eigenvalue weighted by molar-refractivity contribution is 6.30. The number of carboxylic acid groups (broad SMARTS) is 1. The molecule has 7 aliphatic rings. The molecule has 1 aliphatic heterocycles. The fourth-order valence-electron chi connectivity index (χ4n) is 14.3. The van der Waals surface area contributed by atoms with Gasteiger partial charge in [-0.25, -0.2) is 14.8 Å². The minimum atomic E-state index is -1.18. The third-order valence-corrected chi connectivity index (χ3v) is 17.8. The van der Waals surface area contributed by atoms with E-state index in [2.05, 4.69) is 58.4 Å². The predicted octanol–water partition coefficient (Wildman–Crippen LogP) is 9.33. The number of cyclic esters (lactones) is 1. The number of Topliss-reactive ketones (excluding diaryl/α,β-unsaturated/α-hetero) is 1. The molecule has 11 heteroatoms. The molecular weight excluding hydrogens is 730 g/mol. The first kappa shape index (κ1) is 39.8. The Morgan fingerprint density at radius 3 is 2.25 bits per heavy atom. The Morgan fingerprint density at radius 1 is 0.946 bits per heavy atom. The molecule has 8 rings (SSSR count). The van der Waals surface area contributed by atoms with Crippen LogP contribution in [-0.4, -0.2) is 62.5 Å². The van der Waals surface area contributed by atoms with Crippen molar-refractivity contribution in [2.75, 3.05) is 6.54 Å². The Kier molecular flexibility index (Phi) is 9.06. The number of hydrogen-bond acceptors (Lipinski definition) is 8. The predicted molar refractivity (Wildman–Crippen MR) is 210 cm³/mol. The quantitative estimate of drug-likeness (QED) is 0.256. The molecule has 1 aromatic rings. The summed E-state index contributed by atoms with van der Waals surface area (Å²) in [6.07, 6.45) is 11.6. The van der Waals surface area contributed by atoms with E-state index in [4.69, 9.17) is 21.1 Å². The molecule has 1 saturated heterocycles. The van der Waals surface area contributed by atoms with Crippen LogP contribution in [0.1, 0.15) is 145 Å². The maximum Gasteiger partial charge on any atom is 0.411 e. The zero-order chi connectivity index (χ0) is 40.6. The average Bonchev–Trinajstić information content (AvgIpc) is 3.71. The molecule has 6 aliphatic carbocycles. The van der Waals surface area contributed by atoms with Gasteiger partial charge >= 0.3 is 18.0 Å². The Hall–Kier alpha value is -3.01. The van der Waals surface area contributed by atoms with Crippen molar-refractivity contribution in [3.63, 3.8) is 0 Å². The van der Waals surface area contributed by atoms with Crippen LogP contribution in [0, 0.1) is 56.2 Å². The van der Waals surface area contributed by atoms with Gasteiger partial charge < -0.3 is 14.6 Å². The van der Waals surface area contributed by atoms with Crippen LogP contribution in [-0.2, 0) is 29.4 Å². The fraction of sp³-hybridized carbons (Fsp3) is 0.778. The number of ketones is 1. The molecule has 5 saturated carbocycles. The maximum absolute atomic E-state index is 14.3. The number of ether oxygens (including phenoxy) is 2. The first-order valence-corrected chi connectivity index (χ1v) is 21.6. The van der Waals surface area contributed by atoms with Crippen LogP contribution < -0.4 is 0 Å². The topological polar surface area (TPSA) is 136 Å². The number of esters is 1. The number of aliphatic carboxylic acids is 1. The van der Waals surface area contributed by atoms with Crippen LogP contribution >= 0.6 is 11.6 Å². The normalized spacial score (nSPS) is 39.7. The molecule has 2 heterocycles. The number of carbonyl (C=O) groups excluding carboxylic acids is 3. The van der Waals surface area contributed by atoms with Crippen molar-refractivity contribution in [2.45, 2.75) is 157 Å². The van der Waals surface area contributed by atoms with E-state index in [9.17, 15) is 24.3 Å². The molecule has 1 aromatic heterocycles. The van der Waals surface area contributed by atoms with Gasteiger partial charge in [-0.15, -0.1) is 0 Å². The lowest BCUT2D eigenvalue weighted by Gasteiger charge is -2.72. The van der Waals surface area contributed by atoms with Crippen LogP contribution in [0.4, 0.5) is 4.79 Å². The smallest absolute Gasteiger partial charge is 0.411 e. The summed E-state index contributed by atoms with van der Waals surface area (Å²) in [5.74, 6) is 0.483. The number of carbonyl (C=O) groups is 4. The first-order valence-electron chi connectivity index (χ1n) is 21.2. The minimum Gasteiger partial charge on any atom is -0.481 e. The van der Waals surface area contributed by atoms with E-state index < -0.39 is 34.4 Å². The molecule has 56 heavy (non-hydrogen) atoms. The maximum atomic E-state index is 14.3. The standard InChI is InChI=1S/C45H62ClN3O7/c1-25(2)34-28(50)20-44(32-24-49(38(54)56-32)45(18-19-45)36-47-22-26(46)23-48-36)17-16-42(8)27(35(34)44)10-11-30-41(7)14-13-31(55-33(51)21-39(3,4)37(52)53)40(5,6)29(41)12-15-43(30,42)9/h22-23,25,27,29-32H,10-21,24H2,1-9H3,(H,52,53)/t27-,29+,30-,31+,32+,41+,42-,43-,44?/m1/s1. The van der Waals surface area contributed by atoms with E-state index in [1.54, 1.807) is 26.2 Å². The monoisotopic (exact) mass is 791 g/mol. The van der Waals surface area contributed by atoms with Gasteiger partial charge in [-0.05, 0) is 129 Å². The molecule has 9 atom stereocenters. The number of amides is 1. The van der Waals surface area contributed by atoms with Gasteiger partial charge in [0.1, 0.15) is 17.7 Å². The van der Waals surface area contributed by atoms with Gasteiger partial charge in [0.15, 0.2) is 11.6 Å². The van der Waals surface area contributed by atoms with Crippen molar-refractivity contribution in [1.82, 2.24) is 14.9 Å². The van der Waals surface area contributed by atoms with Gasteiger partial charge in [0, 0.05) is 29.6 Å². The molecule has 1 amide bonds. The van der Waals surface area contributed by atoms with E-state index >= 15 is 0 Å². The van der Waals surface area contributed by atoms with Gasteiger partial charge in [0.2, 0.25) is 0 Å². The second kappa shape index (κ2) is 12.7. The third-order valence-electron chi connectivity index (χ3n) is 17.6. The minimum absolute atomic E-state index is 0.0154. The summed E-state index contributed by atoms with van der Waals surface area (Å²) >= 11 is 6.13. The van der Waals surface area contributed by atoms with Crippen LogP contribution in [0.25, 0.3) is 0 Å². The third kappa shape index (κ3) is 5.44. The highest BCUT2D eigenvalue weighted by Gasteiger charge is 2.72. The molecule has 0 spiro atoms. The molecule has 0 aromatic carbocycles. The summed E-state index contributed by atoms with van der Waals surface area (Å²) in [5.41, 5.74) is -0.290. The number of fused-ring (bicyclic) bond motifs is 7.